The van der Waals surface area contributed by atoms with Crippen molar-refractivity contribution in [3.8, 4) is 0 Å². The first kappa shape index (κ1) is 14.7. The molecule has 1 fully saturated rings. The topological polar surface area (TPSA) is 61.5 Å². The van der Waals surface area contributed by atoms with E-state index in [0.717, 1.165) is 25.7 Å². The Labute approximate surface area is 96.9 Å². The summed E-state index contributed by atoms with van der Waals surface area (Å²) < 4.78 is 9.91. The molecule has 0 heterocycles. The van der Waals surface area contributed by atoms with Crippen LogP contribution in [0.15, 0.2) is 0 Å². The fourth-order valence-electron chi connectivity index (χ4n) is 2.05. The minimum atomic E-state index is -0.488. The zero-order chi connectivity index (χ0) is 10.6. The van der Waals surface area contributed by atoms with Crippen molar-refractivity contribution in [3.05, 3.63) is 0 Å². The number of carbonyl (C=O) groups excluding carboxylic acids is 1. The van der Waals surface area contributed by atoms with Gasteiger partial charge in [0.05, 0.1) is 13.2 Å². The van der Waals surface area contributed by atoms with Crippen molar-refractivity contribution in [3.63, 3.8) is 0 Å². The average Bonchev–Trinajstić information content (AvgIpc) is 2.27. The molecule has 1 rings (SSSR count). The first-order valence-corrected chi connectivity index (χ1v) is 5.05. The van der Waals surface area contributed by atoms with Crippen molar-refractivity contribution < 1.29 is 14.3 Å². The standard InChI is InChI=1S/C10H19NO3.ClH/c1-13-8-5-3-4-7(6-8)9(11)10(12)14-2;/h7-9H,3-6,11H2,1-2H3;1H. The maximum absolute atomic E-state index is 11.2. The Morgan fingerprint density at radius 2 is 2.07 bits per heavy atom. The normalized spacial score (nSPS) is 27.7. The lowest BCUT2D eigenvalue weighted by atomic mass is 9.82. The number of methoxy groups -OCH3 is 2. The number of esters is 1. The molecule has 3 atom stereocenters. The number of hydrogen-bond acceptors (Lipinski definition) is 4. The SMILES string of the molecule is COC(=O)C(N)C1CCCC(OC)C1.Cl. The van der Waals surface area contributed by atoms with Crippen LogP contribution in [0.3, 0.4) is 0 Å². The summed E-state index contributed by atoms with van der Waals surface area (Å²) in [4.78, 5) is 11.2. The lowest BCUT2D eigenvalue weighted by Gasteiger charge is -2.30. The maximum atomic E-state index is 11.2. The van der Waals surface area contributed by atoms with E-state index in [1.54, 1.807) is 7.11 Å². The molecule has 3 unspecified atom stereocenters. The van der Waals surface area contributed by atoms with Gasteiger partial charge >= 0.3 is 5.97 Å². The van der Waals surface area contributed by atoms with Crippen molar-refractivity contribution >= 4 is 18.4 Å². The zero-order valence-corrected chi connectivity index (χ0v) is 10.1. The van der Waals surface area contributed by atoms with Crippen LogP contribution in [0, 0.1) is 5.92 Å². The molecule has 4 nitrogen and oxygen atoms in total. The van der Waals surface area contributed by atoms with E-state index in [4.69, 9.17) is 10.5 Å². The highest BCUT2D eigenvalue weighted by Crippen LogP contribution is 2.28. The second-order valence-electron chi connectivity index (χ2n) is 3.83. The van der Waals surface area contributed by atoms with Gasteiger partial charge in [-0.2, -0.15) is 0 Å². The van der Waals surface area contributed by atoms with Gasteiger partial charge in [-0.1, -0.05) is 6.42 Å². The van der Waals surface area contributed by atoms with Gasteiger partial charge in [0.25, 0.3) is 0 Å². The first-order chi connectivity index (χ1) is 6.69. The van der Waals surface area contributed by atoms with Crippen molar-refractivity contribution in [1.29, 1.82) is 0 Å². The Balaban J connectivity index is 0.00000196. The fourth-order valence-corrected chi connectivity index (χ4v) is 2.05. The Bertz CT molecular complexity index is 201. The van der Waals surface area contributed by atoms with Crippen molar-refractivity contribution in [2.75, 3.05) is 14.2 Å². The molecule has 2 N–H and O–H groups in total. The summed E-state index contributed by atoms with van der Waals surface area (Å²) in [5, 5.41) is 0. The smallest absolute Gasteiger partial charge is 0.322 e. The number of rotatable bonds is 3. The van der Waals surface area contributed by atoms with Crippen molar-refractivity contribution in [2.45, 2.75) is 37.8 Å². The highest BCUT2D eigenvalue weighted by molar-refractivity contribution is 5.85. The van der Waals surface area contributed by atoms with Gasteiger partial charge in [0.2, 0.25) is 0 Å². The number of nitrogens with two attached hydrogens (primary N) is 1. The van der Waals surface area contributed by atoms with Crippen LogP contribution in [0.4, 0.5) is 0 Å². The summed E-state index contributed by atoms with van der Waals surface area (Å²) in [6.07, 6.45) is 4.27. The summed E-state index contributed by atoms with van der Waals surface area (Å²) >= 11 is 0. The van der Waals surface area contributed by atoms with Gasteiger partial charge in [-0.3, -0.25) is 4.79 Å². The van der Waals surface area contributed by atoms with Crippen LogP contribution < -0.4 is 5.73 Å². The predicted molar refractivity (Wildman–Crippen MR) is 60.0 cm³/mol. The summed E-state index contributed by atoms with van der Waals surface area (Å²) in [7, 11) is 3.08. The molecule has 15 heavy (non-hydrogen) atoms. The van der Waals surface area contributed by atoms with E-state index >= 15 is 0 Å². The van der Waals surface area contributed by atoms with Crippen LogP contribution in [-0.4, -0.2) is 32.3 Å². The minimum Gasteiger partial charge on any atom is -0.468 e. The molecule has 0 bridgehead atoms. The van der Waals surface area contributed by atoms with Crippen LogP contribution in [0.1, 0.15) is 25.7 Å². The molecular weight excluding hydrogens is 218 g/mol. The second-order valence-corrected chi connectivity index (χ2v) is 3.83. The molecule has 0 aromatic carbocycles. The van der Waals surface area contributed by atoms with Gasteiger partial charge in [0.1, 0.15) is 6.04 Å². The van der Waals surface area contributed by atoms with Crippen LogP contribution in [0.5, 0.6) is 0 Å². The highest BCUT2D eigenvalue weighted by atomic mass is 35.5. The third-order valence-corrected chi connectivity index (χ3v) is 2.98. The number of hydrogen-bond donors (Lipinski definition) is 1. The van der Waals surface area contributed by atoms with E-state index < -0.39 is 6.04 Å². The lowest BCUT2D eigenvalue weighted by molar-refractivity contribution is -0.144. The molecule has 0 aromatic rings. The molecule has 0 radical (unpaired) electrons. The number of halogens is 1. The predicted octanol–water partition coefficient (Wildman–Crippen LogP) is 1.11. The van der Waals surface area contributed by atoms with E-state index in [1.165, 1.54) is 7.11 Å². The number of ether oxygens (including phenoxy) is 2. The van der Waals surface area contributed by atoms with Crippen molar-refractivity contribution in [1.82, 2.24) is 0 Å². The average molecular weight is 238 g/mol. The summed E-state index contributed by atoms with van der Waals surface area (Å²) in [6, 6.07) is -0.488. The molecule has 0 saturated heterocycles. The largest absolute Gasteiger partial charge is 0.468 e. The summed E-state index contributed by atoms with van der Waals surface area (Å²) in [6.45, 7) is 0. The van der Waals surface area contributed by atoms with E-state index in [-0.39, 0.29) is 30.4 Å². The van der Waals surface area contributed by atoms with E-state index in [0.29, 0.717) is 0 Å². The first-order valence-electron chi connectivity index (χ1n) is 5.05. The summed E-state index contributed by atoms with van der Waals surface area (Å²) in [5.41, 5.74) is 5.79. The highest BCUT2D eigenvalue weighted by Gasteiger charge is 2.30. The molecule has 0 spiro atoms. The monoisotopic (exact) mass is 237 g/mol. The van der Waals surface area contributed by atoms with E-state index in [9.17, 15) is 4.79 Å². The zero-order valence-electron chi connectivity index (χ0n) is 9.27. The van der Waals surface area contributed by atoms with Gasteiger partial charge in [-0.05, 0) is 25.2 Å². The quantitative estimate of drug-likeness (QED) is 0.748. The Morgan fingerprint density at radius 1 is 1.40 bits per heavy atom. The third kappa shape index (κ3) is 3.97. The fraction of sp³-hybridized carbons (Fsp3) is 0.900. The summed E-state index contributed by atoms with van der Waals surface area (Å²) in [5.74, 6) is -0.104. The molecule has 1 saturated carbocycles. The number of carbonyl (C=O) groups is 1. The van der Waals surface area contributed by atoms with Crippen LogP contribution >= 0.6 is 12.4 Å². The van der Waals surface area contributed by atoms with Crippen LogP contribution in [0.25, 0.3) is 0 Å². The molecule has 0 aromatic heterocycles. The van der Waals surface area contributed by atoms with Gasteiger partial charge in [-0.25, -0.2) is 0 Å². The Kier molecular flexibility index (Phi) is 6.89. The molecule has 0 amide bonds. The van der Waals surface area contributed by atoms with Crippen molar-refractivity contribution in [2.24, 2.45) is 11.7 Å². The maximum Gasteiger partial charge on any atom is 0.322 e. The van der Waals surface area contributed by atoms with E-state index in [2.05, 4.69) is 4.74 Å². The lowest BCUT2D eigenvalue weighted by Crippen LogP contribution is -2.42. The van der Waals surface area contributed by atoms with Gasteiger partial charge in [0.15, 0.2) is 0 Å². The molecule has 90 valence electrons. The van der Waals surface area contributed by atoms with Crippen LogP contribution in [0.2, 0.25) is 0 Å². The van der Waals surface area contributed by atoms with Gasteiger partial charge in [-0.15, -0.1) is 12.4 Å². The molecular formula is C10H20ClNO3. The van der Waals surface area contributed by atoms with Crippen LogP contribution in [-0.2, 0) is 14.3 Å². The van der Waals surface area contributed by atoms with E-state index in [1.807, 2.05) is 0 Å². The Morgan fingerprint density at radius 3 is 2.60 bits per heavy atom. The minimum absolute atomic E-state index is 0. The Hall–Kier alpha value is -0.320. The second kappa shape index (κ2) is 7.04. The molecule has 5 heteroatoms. The van der Waals surface area contributed by atoms with Gasteiger partial charge in [0, 0.05) is 7.11 Å². The third-order valence-electron chi connectivity index (χ3n) is 2.98. The molecule has 1 aliphatic rings. The van der Waals surface area contributed by atoms with Gasteiger partial charge < -0.3 is 15.2 Å². The molecule has 1 aliphatic carbocycles. The molecule has 0 aliphatic heterocycles.